The Hall–Kier alpha value is -1.06. The average Bonchev–Trinajstić information content (AvgIpc) is 2.72. The molecule has 0 aliphatic carbocycles. The first kappa shape index (κ1) is 28.9. The first-order valence-corrected chi connectivity index (χ1v) is 11.0. The Bertz CT molecular complexity index is 561. The molecular formula is C23H44IN5O. The molecule has 1 aromatic rings. The van der Waals surface area contributed by atoms with Crippen molar-refractivity contribution in [3.05, 3.63) is 29.8 Å². The zero-order chi connectivity index (χ0) is 21.5. The van der Waals surface area contributed by atoms with Crippen LogP contribution in [0.15, 0.2) is 29.3 Å². The van der Waals surface area contributed by atoms with Crippen molar-refractivity contribution in [3.63, 3.8) is 0 Å². The number of nitrogens with zero attached hydrogens (tertiary/aromatic N) is 3. The molecule has 0 radical (unpaired) electrons. The van der Waals surface area contributed by atoms with Crippen LogP contribution in [0.25, 0.3) is 0 Å². The monoisotopic (exact) mass is 533 g/mol. The maximum Gasteiger partial charge on any atom is 0.191 e. The summed E-state index contributed by atoms with van der Waals surface area (Å²) in [6, 6.07) is 8.69. The van der Waals surface area contributed by atoms with Crippen LogP contribution in [0.5, 0.6) is 5.75 Å². The number of ether oxygens (including phenoxy) is 1. The highest BCUT2D eigenvalue weighted by atomic mass is 127. The van der Waals surface area contributed by atoms with Gasteiger partial charge in [-0.05, 0) is 77.6 Å². The molecule has 0 aliphatic heterocycles. The van der Waals surface area contributed by atoms with Crippen LogP contribution >= 0.6 is 24.0 Å². The Morgan fingerprint density at radius 1 is 1.07 bits per heavy atom. The summed E-state index contributed by atoms with van der Waals surface area (Å²) >= 11 is 0. The Kier molecular flexibility index (Phi) is 17.0. The van der Waals surface area contributed by atoms with Gasteiger partial charge in [-0.2, -0.15) is 0 Å². The molecule has 0 heterocycles. The van der Waals surface area contributed by atoms with Crippen molar-refractivity contribution in [1.82, 2.24) is 20.4 Å². The first-order valence-electron chi connectivity index (χ1n) is 11.0. The standard InChI is InChI=1S/C23H43N5O.HI/c1-7-28(8-2)17-9-11-20(3)26-23(24-4)25-19-21-12-14-22(15-13-21)29-18-10-16-27(5)6;/h12-15,20H,7-11,16-19H2,1-6H3,(H2,24,25,26);1H. The zero-order valence-corrected chi connectivity index (χ0v) is 22.2. The Morgan fingerprint density at radius 3 is 2.30 bits per heavy atom. The van der Waals surface area contributed by atoms with E-state index >= 15 is 0 Å². The van der Waals surface area contributed by atoms with Gasteiger partial charge in [0.05, 0.1) is 6.61 Å². The number of guanidine groups is 1. The third-order valence-corrected chi connectivity index (χ3v) is 5.01. The second-order valence-electron chi connectivity index (χ2n) is 7.79. The molecular weight excluding hydrogens is 489 g/mol. The number of halogens is 1. The van der Waals surface area contributed by atoms with Gasteiger partial charge in [-0.1, -0.05) is 26.0 Å². The van der Waals surface area contributed by atoms with Gasteiger partial charge in [0.15, 0.2) is 5.96 Å². The number of hydrogen-bond donors (Lipinski definition) is 2. The lowest BCUT2D eigenvalue weighted by Crippen LogP contribution is -2.42. The summed E-state index contributed by atoms with van der Waals surface area (Å²) in [6.07, 6.45) is 3.37. The zero-order valence-electron chi connectivity index (χ0n) is 19.9. The molecule has 1 atom stereocenters. The summed E-state index contributed by atoms with van der Waals surface area (Å²) in [4.78, 5) is 8.99. The highest BCUT2D eigenvalue weighted by molar-refractivity contribution is 14.0. The molecule has 0 bridgehead atoms. The molecule has 174 valence electrons. The molecule has 0 aliphatic rings. The number of rotatable bonds is 14. The van der Waals surface area contributed by atoms with Crippen LogP contribution in [0, 0.1) is 0 Å². The Labute approximate surface area is 201 Å². The summed E-state index contributed by atoms with van der Waals surface area (Å²) < 4.78 is 5.79. The molecule has 7 heteroatoms. The molecule has 0 fully saturated rings. The predicted octanol–water partition coefficient (Wildman–Crippen LogP) is 3.81. The van der Waals surface area contributed by atoms with Gasteiger partial charge in [-0.15, -0.1) is 24.0 Å². The van der Waals surface area contributed by atoms with Crippen LogP contribution in [0.3, 0.4) is 0 Å². The molecule has 0 saturated heterocycles. The molecule has 30 heavy (non-hydrogen) atoms. The minimum atomic E-state index is 0. The quantitative estimate of drug-likeness (QED) is 0.165. The van der Waals surface area contributed by atoms with Gasteiger partial charge in [0, 0.05) is 26.2 Å². The van der Waals surface area contributed by atoms with E-state index in [-0.39, 0.29) is 24.0 Å². The van der Waals surface area contributed by atoms with E-state index in [9.17, 15) is 0 Å². The lowest BCUT2D eigenvalue weighted by Gasteiger charge is -2.21. The molecule has 6 nitrogen and oxygen atoms in total. The van der Waals surface area contributed by atoms with E-state index in [4.69, 9.17) is 4.74 Å². The highest BCUT2D eigenvalue weighted by Gasteiger charge is 2.07. The van der Waals surface area contributed by atoms with Crippen LogP contribution in [0.1, 0.15) is 45.6 Å². The molecule has 0 aromatic heterocycles. The van der Waals surface area contributed by atoms with E-state index in [1.807, 2.05) is 19.2 Å². The highest BCUT2D eigenvalue weighted by Crippen LogP contribution is 2.12. The van der Waals surface area contributed by atoms with E-state index in [0.29, 0.717) is 6.04 Å². The van der Waals surface area contributed by atoms with Crippen molar-refractivity contribution in [2.75, 3.05) is 53.9 Å². The normalized spacial score (nSPS) is 12.6. The number of benzene rings is 1. The van der Waals surface area contributed by atoms with Gasteiger partial charge < -0.3 is 25.2 Å². The maximum absolute atomic E-state index is 5.79. The predicted molar refractivity (Wildman–Crippen MR) is 140 cm³/mol. The van der Waals surface area contributed by atoms with Crippen LogP contribution in [-0.4, -0.2) is 75.7 Å². The summed E-state index contributed by atoms with van der Waals surface area (Å²) in [5.41, 5.74) is 1.21. The minimum absolute atomic E-state index is 0. The van der Waals surface area contributed by atoms with E-state index in [0.717, 1.165) is 63.9 Å². The van der Waals surface area contributed by atoms with E-state index in [1.165, 1.54) is 12.0 Å². The van der Waals surface area contributed by atoms with Gasteiger partial charge in [-0.25, -0.2) is 0 Å². The van der Waals surface area contributed by atoms with Crippen molar-refractivity contribution in [1.29, 1.82) is 0 Å². The largest absolute Gasteiger partial charge is 0.494 e. The van der Waals surface area contributed by atoms with Crippen molar-refractivity contribution in [2.24, 2.45) is 4.99 Å². The number of nitrogens with one attached hydrogen (secondary N) is 2. The minimum Gasteiger partial charge on any atom is -0.494 e. The molecule has 0 saturated carbocycles. The summed E-state index contributed by atoms with van der Waals surface area (Å²) in [7, 11) is 5.98. The van der Waals surface area contributed by atoms with Crippen molar-refractivity contribution in [3.8, 4) is 5.75 Å². The lowest BCUT2D eigenvalue weighted by atomic mass is 10.2. The van der Waals surface area contributed by atoms with Crippen LogP contribution in [0.2, 0.25) is 0 Å². The van der Waals surface area contributed by atoms with Crippen molar-refractivity contribution >= 4 is 29.9 Å². The fourth-order valence-electron chi connectivity index (χ4n) is 3.12. The van der Waals surface area contributed by atoms with E-state index in [2.05, 4.69) is 72.4 Å². The van der Waals surface area contributed by atoms with E-state index in [1.54, 1.807) is 0 Å². The number of aliphatic imine (C=N–C) groups is 1. The van der Waals surface area contributed by atoms with Gasteiger partial charge in [0.2, 0.25) is 0 Å². The molecule has 2 N–H and O–H groups in total. The third-order valence-electron chi connectivity index (χ3n) is 5.01. The average molecular weight is 534 g/mol. The summed E-state index contributed by atoms with van der Waals surface area (Å²) in [5, 5.41) is 6.90. The molecule has 1 unspecified atom stereocenters. The molecule has 0 spiro atoms. The Balaban J connectivity index is 0.00000841. The van der Waals surface area contributed by atoms with Gasteiger partial charge >= 0.3 is 0 Å². The molecule has 1 rings (SSSR count). The third kappa shape index (κ3) is 13.3. The van der Waals surface area contributed by atoms with Gasteiger partial charge in [0.25, 0.3) is 0 Å². The van der Waals surface area contributed by atoms with Crippen molar-refractivity contribution in [2.45, 2.75) is 52.6 Å². The fourth-order valence-corrected chi connectivity index (χ4v) is 3.12. The van der Waals surface area contributed by atoms with Crippen molar-refractivity contribution < 1.29 is 4.74 Å². The van der Waals surface area contributed by atoms with Crippen LogP contribution in [-0.2, 0) is 6.54 Å². The van der Waals surface area contributed by atoms with Gasteiger partial charge in [-0.3, -0.25) is 4.99 Å². The maximum atomic E-state index is 5.79. The first-order chi connectivity index (χ1) is 14.0. The second-order valence-corrected chi connectivity index (χ2v) is 7.79. The number of hydrogen-bond acceptors (Lipinski definition) is 4. The smallest absolute Gasteiger partial charge is 0.191 e. The fraction of sp³-hybridized carbons (Fsp3) is 0.696. The van der Waals surface area contributed by atoms with Gasteiger partial charge in [0.1, 0.15) is 5.75 Å². The van der Waals surface area contributed by atoms with Crippen LogP contribution in [0.4, 0.5) is 0 Å². The summed E-state index contributed by atoms with van der Waals surface area (Å²) in [6.45, 7) is 12.6. The van der Waals surface area contributed by atoms with E-state index < -0.39 is 0 Å². The SMILES string of the molecule is CCN(CC)CCCC(C)NC(=NC)NCc1ccc(OCCCN(C)C)cc1.I. The lowest BCUT2D eigenvalue weighted by molar-refractivity contribution is 0.281. The van der Waals surface area contributed by atoms with Crippen LogP contribution < -0.4 is 15.4 Å². The molecule has 1 aromatic carbocycles. The second kappa shape index (κ2) is 17.6. The molecule has 0 amide bonds. The Morgan fingerprint density at radius 2 is 1.73 bits per heavy atom. The topological polar surface area (TPSA) is 52.1 Å². The summed E-state index contributed by atoms with van der Waals surface area (Å²) in [5.74, 6) is 1.78.